The summed E-state index contributed by atoms with van der Waals surface area (Å²) >= 11 is 0. The zero-order valence-corrected chi connectivity index (χ0v) is 28.8. The van der Waals surface area contributed by atoms with E-state index in [2.05, 4.69) is 42.5 Å². The molecule has 0 unspecified atom stereocenters. The summed E-state index contributed by atoms with van der Waals surface area (Å²) < 4.78 is 22.3. The van der Waals surface area contributed by atoms with Gasteiger partial charge in [0, 0.05) is 31.1 Å². The maximum absolute atomic E-state index is 9.80. The van der Waals surface area contributed by atoms with Crippen LogP contribution in [0.3, 0.4) is 0 Å². The molecule has 1 aliphatic heterocycles. The third-order valence-corrected chi connectivity index (χ3v) is 10.0. The van der Waals surface area contributed by atoms with Gasteiger partial charge in [-0.15, -0.1) is 11.7 Å². The van der Waals surface area contributed by atoms with E-state index in [0.29, 0.717) is 19.6 Å². The lowest BCUT2D eigenvalue weighted by molar-refractivity contribution is -0.252. The van der Waals surface area contributed by atoms with Crippen molar-refractivity contribution in [1.29, 1.82) is 0 Å². The Bertz CT molecular complexity index is 1420. The Morgan fingerprint density at radius 3 is 2.58 bits per heavy atom. The van der Waals surface area contributed by atoms with E-state index in [4.69, 9.17) is 24.2 Å². The summed E-state index contributed by atoms with van der Waals surface area (Å²) in [4.78, 5) is 5.81. The Morgan fingerprint density at radius 2 is 1.85 bits per heavy atom. The van der Waals surface area contributed by atoms with Gasteiger partial charge < -0.3 is 29.3 Å². The summed E-state index contributed by atoms with van der Waals surface area (Å²) in [6.45, 7) is 13.4. The van der Waals surface area contributed by atoms with Crippen LogP contribution < -0.4 is 9.47 Å². The molecule has 0 amide bonds. The lowest BCUT2D eigenvalue weighted by Gasteiger charge is -2.58. The molecule has 0 spiro atoms. The SMILES string of the molecule is C=CCOc1ccc2c(c1)[C@H]1[C@H](CCCCO)[C@@H](CCCCO)C=C3C(=NOCC)C[C@H](n4nncc4CCCC)[C@@](OCC=C)(O2)[C@H]31. The maximum Gasteiger partial charge on any atom is 0.241 e. The van der Waals surface area contributed by atoms with Crippen molar-refractivity contribution in [3.05, 3.63) is 72.6 Å². The van der Waals surface area contributed by atoms with Crippen LogP contribution in [0.5, 0.6) is 11.5 Å². The molecule has 6 atom stereocenters. The molecule has 2 aromatic rings. The fourth-order valence-electron chi connectivity index (χ4n) is 8.03. The predicted molar refractivity (Wildman–Crippen MR) is 186 cm³/mol. The summed E-state index contributed by atoms with van der Waals surface area (Å²) in [5.74, 6) is 0.506. The lowest BCUT2D eigenvalue weighted by Crippen LogP contribution is -2.63. The Kier molecular flexibility index (Phi) is 12.9. The third kappa shape index (κ3) is 7.40. The van der Waals surface area contributed by atoms with Gasteiger partial charge in [0.25, 0.3) is 0 Å². The quantitative estimate of drug-likeness (QED) is 0.0912. The first-order valence-corrected chi connectivity index (χ1v) is 17.9. The summed E-state index contributed by atoms with van der Waals surface area (Å²) in [7, 11) is 0. The number of rotatable bonds is 20. The van der Waals surface area contributed by atoms with Crippen molar-refractivity contribution in [3.63, 3.8) is 0 Å². The van der Waals surface area contributed by atoms with Crippen LogP contribution in [-0.2, 0) is 16.0 Å². The number of aromatic nitrogens is 3. The number of ether oxygens (including phenoxy) is 3. The molecular formula is C38H54N4O6. The minimum Gasteiger partial charge on any atom is -0.490 e. The third-order valence-electron chi connectivity index (χ3n) is 10.0. The summed E-state index contributed by atoms with van der Waals surface area (Å²) in [5.41, 5.74) is 4.06. The predicted octanol–water partition coefficient (Wildman–Crippen LogP) is 6.71. The highest BCUT2D eigenvalue weighted by Crippen LogP contribution is 2.63. The second-order valence-corrected chi connectivity index (χ2v) is 13.1. The van der Waals surface area contributed by atoms with Gasteiger partial charge >= 0.3 is 0 Å². The number of oxime groups is 1. The highest BCUT2D eigenvalue weighted by atomic mass is 16.7. The number of aliphatic hydroxyl groups excluding tert-OH is 2. The molecule has 10 nitrogen and oxygen atoms in total. The van der Waals surface area contributed by atoms with Crippen LogP contribution in [0.15, 0.2) is 66.5 Å². The van der Waals surface area contributed by atoms with Gasteiger partial charge in [0.05, 0.1) is 30.1 Å². The summed E-state index contributed by atoms with van der Waals surface area (Å²) in [6.07, 6.45) is 16.3. The molecular weight excluding hydrogens is 608 g/mol. The highest BCUT2D eigenvalue weighted by molar-refractivity contribution is 6.02. The number of benzene rings is 1. The van der Waals surface area contributed by atoms with Crippen LogP contribution in [-0.4, -0.2) is 69.7 Å². The molecule has 48 heavy (non-hydrogen) atoms. The molecule has 3 aliphatic rings. The van der Waals surface area contributed by atoms with Crippen LogP contribution in [0.1, 0.15) is 94.9 Å². The molecule has 0 bridgehead atoms. The number of aliphatic hydroxyl groups is 2. The maximum atomic E-state index is 9.80. The van der Waals surface area contributed by atoms with Crippen molar-refractivity contribution in [1.82, 2.24) is 15.0 Å². The number of unbranched alkanes of at least 4 members (excludes halogenated alkanes) is 3. The number of hydrogen-bond acceptors (Lipinski definition) is 9. The number of aryl methyl sites for hydroxylation is 1. The molecule has 10 heteroatoms. The molecule has 0 radical (unpaired) electrons. The van der Waals surface area contributed by atoms with Crippen molar-refractivity contribution in [2.45, 2.75) is 95.8 Å². The van der Waals surface area contributed by atoms with E-state index < -0.39 is 5.79 Å². The van der Waals surface area contributed by atoms with Gasteiger partial charge in [-0.25, -0.2) is 4.68 Å². The number of nitrogens with zero attached hydrogens (tertiary/aromatic N) is 4. The van der Waals surface area contributed by atoms with Gasteiger partial charge in [-0.3, -0.25) is 0 Å². The van der Waals surface area contributed by atoms with E-state index in [9.17, 15) is 10.2 Å². The largest absolute Gasteiger partial charge is 0.490 e. The molecule has 5 rings (SSSR count). The van der Waals surface area contributed by atoms with Crippen LogP contribution >= 0.6 is 0 Å². The molecule has 1 saturated carbocycles. The Hall–Kier alpha value is -3.47. The molecule has 262 valence electrons. The lowest BCUT2D eigenvalue weighted by atomic mass is 9.55. The topological polar surface area (TPSA) is 120 Å². The van der Waals surface area contributed by atoms with Crippen molar-refractivity contribution < 1.29 is 29.3 Å². The van der Waals surface area contributed by atoms with Gasteiger partial charge in [-0.2, -0.15) is 0 Å². The minimum absolute atomic E-state index is 0.0269. The minimum atomic E-state index is -1.15. The Labute approximate surface area is 285 Å². The number of allylic oxidation sites excluding steroid dienone is 1. The summed E-state index contributed by atoms with van der Waals surface area (Å²) in [5, 5.41) is 33.3. The molecule has 2 aliphatic carbocycles. The first-order valence-electron chi connectivity index (χ1n) is 17.9. The van der Waals surface area contributed by atoms with E-state index in [-0.39, 0.29) is 49.5 Å². The van der Waals surface area contributed by atoms with E-state index in [1.807, 2.05) is 29.9 Å². The Balaban J connectivity index is 1.77. The number of hydrogen-bond donors (Lipinski definition) is 2. The normalized spacial score (nSPS) is 26.6. The Morgan fingerprint density at radius 1 is 1.06 bits per heavy atom. The molecule has 1 fully saturated rings. The fraction of sp³-hybridized carbons (Fsp3) is 0.605. The first-order chi connectivity index (χ1) is 23.6. The second kappa shape index (κ2) is 17.3. The molecule has 2 N–H and O–H groups in total. The standard InChI is InChI=1S/C38H54N4O6/c1-5-9-15-28-26-39-41-42(28)35-25-33(40-47-8-4)31-23-27(14-10-12-19-43)30(16-11-13-20-44)36-32-24-29(45-21-6-2)17-18-34(32)48-38(35,37(31)36)46-22-7-3/h6-7,17-18,23-24,26-27,30,35-37,43-44H,2-3,5,8-16,19-22,25H2,1,4H3/t27-,30+,35-,36+,37+,38+/m0/s1. The average molecular weight is 663 g/mol. The molecule has 1 aromatic carbocycles. The van der Waals surface area contributed by atoms with Gasteiger partial charge in [0.2, 0.25) is 5.79 Å². The van der Waals surface area contributed by atoms with Gasteiger partial charge in [-0.1, -0.05) is 61.4 Å². The van der Waals surface area contributed by atoms with Crippen molar-refractivity contribution in [2.24, 2.45) is 22.9 Å². The highest BCUT2D eigenvalue weighted by Gasteiger charge is 2.65. The summed E-state index contributed by atoms with van der Waals surface area (Å²) in [6, 6.07) is 5.70. The fourth-order valence-corrected chi connectivity index (χ4v) is 8.03. The smallest absolute Gasteiger partial charge is 0.241 e. The average Bonchev–Trinajstić information content (AvgIpc) is 3.57. The van der Waals surface area contributed by atoms with Gasteiger partial charge in [-0.05, 0) is 81.1 Å². The van der Waals surface area contributed by atoms with E-state index >= 15 is 0 Å². The molecule has 2 heterocycles. The zero-order valence-electron chi connectivity index (χ0n) is 28.8. The zero-order chi connectivity index (χ0) is 33.9. The van der Waals surface area contributed by atoms with E-state index in [0.717, 1.165) is 91.8 Å². The van der Waals surface area contributed by atoms with Crippen LogP contribution in [0, 0.1) is 17.8 Å². The van der Waals surface area contributed by atoms with Crippen molar-refractivity contribution in [2.75, 3.05) is 33.0 Å². The van der Waals surface area contributed by atoms with Crippen LogP contribution in [0.2, 0.25) is 0 Å². The van der Waals surface area contributed by atoms with Gasteiger partial charge in [0.1, 0.15) is 30.8 Å². The number of fused-ring (bicyclic) bond motifs is 2. The van der Waals surface area contributed by atoms with E-state index in [1.165, 1.54) is 0 Å². The monoisotopic (exact) mass is 662 g/mol. The van der Waals surface area contributed by atoms with Crippen LogP contribution in [0.25, 0.3) is 0 Å². The second-order valence-electron chi connectivity index (χ2n) is 13.1. The van der Waals surface area contributed by atoms with E-state index in [1.54, 1.807) is 12.2 Å². The first kappa shape index (κ1) is 35.8. The van der Waals surface area contributed by atoms with Crippen molar-refractivity contribution in [3.8, 4) is 11.5 Å². The van der Waals surface area contributed by atoms with Crippen LogP contribution in [0.4, 0.5) is 0 Å². The molecule has 0 saturated heterocycles. The molecule has 1 aromatic heterocycles. The van der Waals surface area contributed by atoms with Gasteiger partial charge in [0.15, 0.2) is 0 Å². The van der Waals surface area contributed by atoms with Crippen molar-refractivity contribution >= 4 is 5.71 Å².